The molecule has 1 fully saturated rings. The number of cyclic esters (lactones) is 1. The summed E-state index contributed by atoms with van der Waals surface area (Å²) in [4.78, 5) is 29.6. The van der Waals surface area contributed by atoms with E-state index in [9.17, 15) is 9.59 Å². The van der Waals surface area contributed by atoms with E-state index < -0.39 is 35.3 Å². The third-order valence-corrected chi connectivity index (χ3v) is 6.43. The van der Waals surface area contributed by atoms with E-state index in [0.29, 0.717) is 0 Å². The lowest BCUT2D eigenvalue weighted by Gasteiger charge is -2.51. The van der Waals surface area contributed by atoms with Crippen LogP contribution in [0.15, 0.2) is 104 Å². The minimum absolute atomic E-state index is 0.0865. The first kappa shape index (κ1) is 27.1. The van der Waals surface area contributed by atoms with Gasteiger partial charge in [0.15, 0.2) is 11.6 Å². The molecule has 0 saturated carbocycles. The molecule has 1 aliphatic rings. The molecule has 0 radical (unpaired) electrons. The van der Waals surface area contributed by atoms with Crippen molar-refractivity contribution in [3.63, 3.8) is 0 Å². The second-order valence-electron chi connectivity index (χ2n) is 10.4. The minimum atomic E-state index is -1.48. The van der Waals surface area contributed by atoms with Crippen LogP contribution in [0.2, 0.25) is 0 Å². The summed E-state index contributed by atoms with van der Waals surface area (Å²) >= 11 is 0. The Morgan fingerprint density at radius 3 is 2.05 bits per heavy atom. The highest BCUT2D eigenvalue weighted by Crippen LogP contribution is 2.47. The summed E-state index contributed by atoms with van der Waals surface area (Å²) < 4.78 is 18.2. The molecule has 198 valence electrons. The van der Waals surface area contributed by atoms with Crippen molar-refractivity contribution >= 4 is 12.1 Å². The van der Waals surface area contributed by atoms with Gasteiger partial charge in [0.1, 0.15) is 11.6 Å². The molecule has 0 aliphatic carbocycles. The number of ether oxygens (including phenoxy) is 3. The fourth-order valence-electron chi connectivity index (χ4n) is 4.78. The summed E-state index contributed by atoms with van der Waals surface area (Å²) in [6.45, 7) is 9.50. The van der Waals surface area contributed by atoms with Crippen molar-refractivity contribution in [2.45, 2.75) is 57.1 Å². The number of carbonyl (C=O) groups excluding carboxylic acids is 2. The van der Waals surface area contributed by atoms with Gasteiger partial charge in [0, 0.05) is 6.42 Å². The van der Waals surface area contributed by atoms with Gasteiger partial charge in [0.05, 0.1) is 13.2 Å². The summed E-state index contributed by atoms with van der Waals surface area (Å²) in [5.74, 6) is -0.558. The Labute approximate surface area is 224 Å². The third-order valence-electron chi connectivity index (χ3n) is 6.43. The van der Waals surface area contributed by atoms with Gasteiger partial charge in [-0.15, -0.1) is 6.58 Å². The van der Waals surface area contributed by atoms with E-state index in [1.165, 1.54) is 4.90 Å². The maximum absolute atomic E-state index is 14.0. The van der Waals surface area contributed by atoms with Gasteiger partial charge < -0.3 is 14.2 Å². The van der Waals surface area contributed by atoms with Crippen molar-refractivity contribution in [2.24, 2.45) is 0 Å². The highest BCUT2D eigenvalue weighted by Gasteiger charge is 2.58. The summed E-state index contributed by atoms with van der Waals surface area (Å²) in [7, 11) is 0. The molecule has 0 spiro atoms. The molecule has 3 atom stereocenters. The van der Waals surface area contributed by atoms with Gasteiger partial charge in [-0.3, -0.25) is 4.90 Å². The van der Waals surface area contributed by atoms with Crippen molar-refractivity contribution in [1.29, 1.82) is 0 Å². The first-order valence-corrected chi connectivity index (χ1v) is 12.8. The quantitative estimate of drug-likeness (QED) is 0.245. The molecule has 1 aliphatic heterocycles. The number of hydrogen-bond acceptors (Lipinski definition) is 5. The number of nitrogens with zero attached hydrogens (tertiary/aromatic N) is 1. The van der Waals surface area contributed by atoms with Crippen LogP contribution in [0.25, 0.3) is 0 Å². The SMILES string of the molecule is C=CC[C@]1(COCc2ccccc2)C(=O)O[C@H](c2ccccc2)[C@H](c2ccccc2)N1C(=O)OC(C)(C)C. The second kappa shape index (κ2) is 11.7. The Morgan fingerprint density at radius 1 is 0.947 bits per heavy atom. The van der Waals surface area contributed by atoms with Crippen LogP contribution in [0.1, 0.15) is 56.0 Å². The molecule has 1 amide bonds. The zero-order valence-corrected chi connectivity index (χ0v) is 22.2. The number of amides is 1. The van der Waals surface area contributed by atoms with Crippen LogP contribution < -0.4 is 0 Å². The van der Waals surface area contributed by atoms with Gasteiger partial charge in [-0.25, -0.2) is 9.59 Å². The summed E-state index contributed by atoms with van der Waals surface area (Å²) in [6.07, 6.45) is 0.389. The summed E-state index contributed by atoms with van der Waals surface area (Å²) in [5.41, 5.74) is 0.282. The number of esters is 1. The molecule has 6 heteroatoms. The average molecular weight is 514 g/mol. The van der Waals surface area contributed by atoms with E-state index in [1.807, 2.05) is 91.0 Å². The first-order valence-electron chi connectivity index (χ1n) is 12.8. The predicted octanol–water partition coefficient (Wildman–Crippen LogP) is 6.79. The van der Waals surface area contributed by atoms with Crippen molar-refractivity contribution in [3.8, 4) is 0 Å². The first-order chi connectivity index (χ1) is 18.2. The van der Waals surface area contributed by atoms with E-state index in [0.717, 1.165) is 16.7 Å². The summed E-state index contributed by atoms with van der Waals surface area (Å²) in [5, 5.41) is 0. The van der Waals surface area contributed by atoms with Crippen molar-refractivity contribution in [2.75, 3.05) is 6.61 Å². The predicted molar refractivity (Wildman–Crippen MR) is 146 cm³/mol. The molecule has 4 rings (SSSR count). The molecule has 6 nitrogen and oxygen atoms in total. The fraction of sp³-hybridized carbons (Fsp3) is 0.312. The zero-order chi connectivity index (χ0) is 27.2. The van der Waals surface area contributed by atoms with E-state index in [4.69, 9.17) is 14.2 Å². The zero-order valence-electron chi connectivity index (χ0n) is 22.2. The third kappa shape index (κ3) is 5.97. The van der Waals surface area contributed by atoms with E-state index in [-0.39, 0.29) is 19.6 Å². The molecule has 0 unspecified atom stereocenters. The smallest absolute Gasteiger partial charge is 0.412 e. The lowest BCUT2D eigenvalue weighted by atomic mass is 9.84. The van der Waals surface area contributed by atoms with Crippen LogP contribution in [0.5, 0.6) is 0 Å². The van der Waals surface area contributed by atoms with Crippen LogP contribution in [-0.4, -0.2) is 34.7 Å². The Bertz CT molecular complexity index is 1220. The molecule has 0 aromatic heterocycles. The average Bonchev–Trinajstić information content (AvgIpc) is 2.90. The molecule has 3 aromatic rings. The number of hydrogen-bond donors (Lipinski definition) is 0. The maximum atomic E-state index is 14.0. The molecule has 3 aromatic carbocycles. The van der Waals surface area contributed by atoms with Gasteiger partial charge >= 0.3 is 12.1 Å². The Kier molecular flexibility index (Phi) is 8.32. The van der Waals surface area contributed by atoms with Crippen molar-refractivity contribution in [3.05, 3.63) is 120 Å². The van der Waals surface area contributed by atoms with Gasteiger partial charge in [-0.05, 0) is 37.5 Å². The molecule has 0 N–H and O–H groups in total. The molecule has 0 bridgehead atoms. The molecular weight excluding hydrogens is 478 g/mol. The Balaban J connectivity index is 1.83. The van der Waals surface area contributed by atoms with Crippen molar-refractivity contribution < 1.29 is 23.8 Å². The van der Waals surface area contributed by atoms with Gasteiger partial charge in [-0.2, -0.15) is 0 Å². The van der Waals surface area contributed by atoms with Crippen LogP contribution in [0.3, 0.4) is 0 Å². The molecular formula is C32H35NO5. The van der Waals surface area contributed by atoms with Gasteiger partial charge in [0.2, 0.25) is 0 Å². The Hall–Kier alpha value is -3.90. The lowest BCUT2D eigenvalue weighted by molar-refractivity contribution is -0.195. The highest BCUT2D eigenvalue weighted by atomic mass is 16.6. The van der Waals surface area contributed by atoms with Crippen molar-refractivity contribution in [1.82, 2.24) is 4.90 Å². The Morgan fingerprint density at radius 2 is 1.50 bits per heavy atom. The van der Waals surface area contributed by atoms with Gasteiger partial charge in [-0.1, -0.05) is 97.1 Å². The highest BCUT2D eigenvalue weighted by molar-refractivity contribution is 5.88. The van der Waals surface area contributed by atoms with Gasteiger partial charge in [0.25, 0.3) is 0 Å². The largest absolute Gasteiger partial charge is 0.453 e. The van der Waals surface area contributed by atoms with Crippen LogP contribution >= 0.6 is 0 Å². The second-order valence-corrected chi connectivity index (χ2v) is 10.4. The number of morpholine rings is 1. The fourth-order valence-corrected chi connectivity index (χ4v) is 4.78. The summed E-state index contributed by atoms with van der Waals surface area (Å²) in [6, 6.07) is 28.1. The van der Waals surface area contributed by atoms with Crippen LogP contribution in [0, 0.1) is 0 Å². The van der Waals surface area contributed by atoms with Crippen LogP contribution in [-0.2, 0) is 25.6 Å². The monoisotopic (exact) mass is 513 g/mol. The number of rotatable bonds is 8. The molecule has 1 heterocycles. The maximum Gasteiger partial charge on any atom is 0.412 e. The lowest BCUT2D eigenvalue weighted by Crippen LogP contribution is -2.66. The van der Waals surface area contributed by atoms with Crippen LogP contribution in [0.4, 0.5) is 4.79 Å². The van der Waals surface area contributed by atoms with E-state index >= 15 is 0 Å². The van der Waals surface area contributed by atoms with E-state index in [1.54, 1.807) is 26.8 Å². The molecule has 38 heavy (non-hydrogen) atoms. The molecule has 1 saturated heterocycles. The van der Waals surface area contributed by atoms with E-state index in [2.05, 4.69) is 6.58 Å². The standard InChI is InChI=1S/C32H35NO5/c1-5-21-32(23-36-22-24-15-9-6-10-16-24)29(34)37-28(26-19-13-8-14-20-26)27(25-17-11-7-12-18-25)33(32)30(35)38-31(2,3)4/h5-20,27-28H,1,21-23H2,2-4H3/t27-,28+,32-/m0/s1. The topological polar surface area (TPSA) is 65.1 Å². The number of carbonyl (C=O) groups is 2. The number of benzene rings is 3. The minimum Gasteiger partial charge on any atom is -0.453 e. The normalized spacial score (nSPS) is 21.4.